The molecule has 4 rings (SSSR count). The Hall–Kier alpha value is -3.25. The first-order valence-corrected chi connectivity index (χ1v) is 10.4. The van der Waals surface area contributed by atoms with Crippen LogP contribution in [0.2, 0.25) is 0 Å². The van der Waals surface area contributed by atoms with Gasteiger partial charge in [-0.05, 0) is 29.0 Å². The van der Waals surface area contributed by atoms with Crippen LogP contribution in [0.5, 0.6) is 5.88 Å². The number of benzene rings is 2. The molecule has 2 aromatic heterocycles. The maximum absolute atomic E-state index is 12.3. The lowest BCUT2D eigenvalue weighted by Gasteiger charge is -2.18. The van der Waals surface area contributed by atoms with Gasteiger partial charge in [-0.3, -0.25) is 4.79 Å². The maximum Gasteiger partial charge on any atom is 0.258 e. The van der Waals surface area contributed by atoms with Crippen molar-refractivity contribution in [2.75, 3.05) is 13.2 Å². The largest absolute Gasteiger partial charge is 0.467 e. The van der Waals surface area contributed by atoms with Gasteiger partial charge in [0.15, 0.2) is 6.61 Å². The first-order chi connectivity index (χ1) is 14.3. The fraction of sp³-hybridized carbons (Fsp3) is 0.174. The van der Waals surface area contributed by atoms with Crippen molar-refractivity contribution in [2.45, 2.75) is 12.3 Å². The second kappa shape index (κ2) is 9.30. The number of fused-ring (bicyclic) bond motifs is 1. The average Bonchev–Trinajstić information content (AvgIpc) is 3.26. The smallest absolute Gasteiger partial charge is 0.258 e. The summed E-state index contributed by atoms with van der Waals surface area (Å²) in [4.78, 5) is 21.4. The first kappa shape index (κ1) is 19.1. The molecule has 0 unspecified atom stereocenters. The summed E-state index contributed by atoms with van der Waals surface area (Å²) >= 11 is 1.52. The molecule has 6 heteroatoms. The van der Waals surface area contributed by atoms with E-state index in [0.717, 1.165) is 16.6 Å². The molecule has 1 N–H and O–H groups in total. The molecule has 0 radical (unpaired) electrons. The van der Waals surface area contributed by atoms with Crippen LogP contribution in [0.3, 0.4) is 0 Å². The Morgan fingerprint density at radius 1 is 0.966 bits per heavy atom. The highest BCUT2D eigenvalue weighted by molar-refractivity contribution is 7.16. The van der Waals surface area contributed by atoms with Gasteiger partial charge in [0.25, 0.3) is 5.91 Å². The summed E-state index contributed by atoms with van der Waals surface area (Å²) in [5, 5.41) is 5.72. The molecule has 1 amide bonds. The summed E-state index contributed by atoms with van der Waals surface area (Å²) in [5.74, 6) is 0.510. The van der Waals surface area contributed by atoms with E-state index in [0.29, 0.717) is 12.4 Å². The van der Waals surface area contributed by atoms with Gasteiger partial charge in [-0.15, -0.1) is 11.3 Å². The second-order valence-corrected chi connectivity index (χ2v) is 7.51. The molecule has 0 saturated heterocycles. The zero-order chi connectivity index (χ0) is 19.9. The van der Waals surface area contributed by atoms with E-state index in [1.807, 2.05) is 47.8 Å². The number of hydrogen-bond donors (Lipinski definition) is 1. The van der Waals surface area contributed by atoms with Gasteiger partial charge in [-0.25, -0.2) is 9.97 Å². The Morgan fingerprint density at radius 2 is 1.66 bits per heavy atom. The van der Waals surface area contributed by atoms with E-state index in [2.05, 4.69) is 39.6 Å². The van der Waals surface area contributed by atoms with E-state index in [9.17, 15) is 4.79 Å². The number of carbonyl (C=O) groups is 1. The molecule has 0 atom stereocenters. The van der Waals surface area contributed by atoms with Crippen LogP contribution in [-0.2, 0) is 4.79 Å². The maximum atomic E-state index is 12.3. The van der Waals surface area contributed by atoms with Crippen molar-refractivity contribution in [2.24, 2.45) is 0 Å². The van der Waals surface area contributed by atoms with Crippen LogP contribution in [0.25, 0.3) is 10.2 Å². The molecule has 0 fully saturated rings. The van der Waals surface area contributed by atoms with E-state index in [1.54, 1.807) is 0 Å². The fourth-order valence-electron chi connectivity index (χ4n) is 3.32. The van der Waals surface area contributed by atoms with Gasteiger partial charge in [-0.2, -0.15) is 0 Å². The molecular weight excluding hydrogens is 382 g/mol. The summed E-state index contributed by atoms with van der Waals surface area (Å²) in [6.45, 7) is 0.498. The molecule has 0 bridgehead atoms. The number of amides is 1. The van der Waals surface area contributed by atoms with Crippen LogP contribution >= 0.6 is 11.3 Å². The number of rotatable bonds is 8. The minimum Gasteiger partial charge on any atom is -0.467 e. The van der Waals surface area contributed by atoms with Gasteiger partial charge >= 0.3 is 0 Å². The predicted molar refractivity (Wildman–Crippen MR) is 115 cm³/mol. The van der Waals surface area contributed by atoms with Crippen molar-refractivity contribution >= 4 is 27.5 Å². The van der Waals surface area contributed by atoms with Crippen LogP contribution in [-0.4, -0.2) is 29.0 Å². The standard InChI is InChI=1S/C23H21N3O2S/c27-21(15-28-22-20-12-14-29-23(20)26-16-25-22)24-13-11-19(17-7-3-1-4-8-17)18-9-5-2-6-10-18/h1-10,12,14,16,19H,11,13,15H2,(H,24,27). The summed E-state index contributed by atoms with van der Waals surface area (Å²) in [6, 6.07) is 22.6. The second-order valence-electron chi connectivity index (χ2n) is 6.62. The Bertz CT molecular complexity index is 1030. The highest BCUT2D eigenvalue weighted by Crippen LogP contribution is 2.27. The third-order valence-corrected chi connectivity index (χ3v) is 5.54. The lowest BCUT2D eigenvalue weighted by Crippen LogP contribution is -2.30. The highest BCUT2D eigenvalue weighted by Gasteiger charge is 2.14. The zero-order valence-electron chi connectivity index (χ0n) is 15.8. The van der Waals surface area contributed by atoms with E-state index in [4.69, 9.17) is 4.74 Å². The van der Waals surface area contributed by atoms with Crippen LogP contribution in [0, 0.1) is 0 Å². The van der Waals surface area contributed by atoms with Crippen molar-refractivity contribution in [3.63, 3.8) is 0 Å². The number of thiophene rings is 1. The Balaban J connectivity index is 1.34. The number of nitrogens with zero attached hydrogens (tertiary/aromatic N) is 2. The molecule has 0 spiro atoms. The first-order valence-electron chi connectivity index (χ1n) is 9.49. The molecule has 0 aliphatic carbocycles. The van der Waals surface area contributed by atoms with Gasteiger partial charge in [0.2, 0.25) is 5.88 Å². The number of aromatic nitrogens is 2. The number of hydrogen-bond acceptors (Lipinski definition) is 5. The predicted octanol–water partition coefficient (Wildman–Crippen LogP) is 4.41. The molecule has 0 saturated carbocycles. The van der Waals surface area contributed by atoms with Crippen LogP contribution in [0.4, 0.5) is 0 Å². The van der Waals surface area contributed by atoms with Crippen LogP contribution < -0.4 is 10.1 Å². The van der Waals surface area contributed by atoms with Gasteiger partial charge < -0.3 is 10.1 Å². The topological polar surface area (TPSA) is 64.1 Å². The molecule has 2 aromatic carbocycles. The van der Waals surface area contributed by atoms with Crippen molar-refractivity contribution in [1.82, 2.24) is 15.3 Å². The van der Waals surface area contributed by atoms with Gasteiger partial charge in [0.05, 0.1) is 5.39 Å². The number of ether oxygens (including phenoxy) is 1. The van der Waals surface area contributed by atoms with E-state index in [1.165, 1.54) is 28.8 Å². The highest BCUT2D eigenvalue weighted by atomic mass is 32.1. The molecule has 5 nitrogen and oxygen atoms in total. The Morgan fingerprint density at radius 3 is 2.34 bits per heavy atom. The zero-order valence-corrected chi connectivity index (χ0v) is 16.6. The van der Waals surface area contributed by atoms with Gasteiger partial charge in [0, 0.05) is 12.5 Å². The Kier molecular flexibility index (Phi) is 6.12. The molecular formula is C23H21N3O2S. The van der Waals surface area contributed by atoms with E-state index in [-0.39, 0.29) is 18.4 Å². The van der Waals surface area contributed by atoms with E-state index >= 15 is 0 Å². The summed E-state index contributed by atoms with van der Waals surface area (Å²) in [5.41, 5.74) is 2.48. The fourth-order valence-corrected chi connectivity index (χ4v) is 4.04. The summed E-state index contributed by atoms with van der Waals surface area (Å²) < 4.78 is 5.61. The monoisotopic (exact) mass is 403 g/mol. The third-order valence-electron chi connectivity index (χ3n) is 4.72. The number of carbonyl (C=O) groups excluding carboxylic acids is 1. The SMILES string of the molecule is O=C(COc1ncnc2sccc12)NCCC(c1ccccc1)c1ccccc1. The van der Waals surface area contributed by atoms with Gasteiger partial charge in [0.1, 0.15) is 11.2 Å². The average molecular weight is 404 g/mol. The van der Waals surface area contributed by atoms with E-state index < -0.39 is 0 Å². The molecule has 2 heterocycles. The van der Waals surface area contributed by atoms with Crippen molar-refractivity contribution < 1.29 is 9.53 Å². The van der Waals surface area contributed by atoms with Crippen molar-refractivity contribution in [1.29, 1.82) is 0 Å². The van der Waals surface area contributed by atoms with Crippen LogP contribution in [0.15, 0.2) is 78.4 Å². The number of nitrogens with one attached hydrogen (secondary N) is 1. The normalized spacial score (nSPS) is 10.9. The van der Waals surface area contributed by atoms with Crippen LogP contribution in [0.1, 0.15) is 23.5 Å². The molecule has 0 aliphatic rings. The van der Waals surface area contributed by atoms with Crippen molar-refractivity contribution in [3.8, 4) is 5.88 Å². The minimum atomic E-state index is -0.160. The minimum absolute atomic E-state index is 0.0662. The molecule has 146 valence electrons. The third kappa shape index (κ3) is 4.78. The van der Waals surface area contributed by atoms with Gasteiger partial charge in [-0.1, -0.05) is 60.7 Å². The summed E-state index contributed by atoms with van der Waals surface area (Å²) in [7, 11) is 0. The lowest BCUT2D eigenvalue weighted by molar-refractivity contribution is -0.123. The quantitative estimate of drug-likeness (QED) is 0.473. The van der Waals surface area contributed by atoms with Crippen molar-refractivity contribution in [3.05, 3.63) is 89.6 Å². The lowest BCUT2D eigenvalue weighted by atomic mass is 9.88. The summed E-state index contributed by atoms with van der Waals surface area (Å²) in [6.07, 6.45) is 2.26. The molecule has 0 aliphatic heterocycles. The molecule has 29 heavy (non-hydrogen) atoms. The molecule has 4 aromatic rings. The Labute approximate surface area is 173 Å².